The van der Waals surface area contributed by atoms with Crippen LogP contribution in [0.15, 0.2) is 0 Å². The van der Waals surface area contributed by atoms with Crippen molar-refractivity contribution >= 4 is 69.1 Å². The van der Waals surface area contributed by atoms with Gasteiger partial charge in [0.05, 0.1) is 25.3 Å². The van der Waals surface area contributed by atoms with Crippen LogP contribution in [-0.4, -0.2) is 99.5 Å². The van der Waals surface area contributed by atoms with Crippen LogP contribution in [0.5, 0.6) is 0 Å². The van der Waals surface area contributed by atoms with Crippen molar-refractivity contribution in [2.45, 2.75) is 123 Å². The number of hydrogen-bond acceptors (Lipinski definition) is 6. The van der Waals surface area contributed by atoms with Gasteiger partial charge in [0.2, 0.25) is 0 Å². The van der Waals surface area contributed by atoms with Gasteiger partial charge in [-0.05, 0) is 124 Å². The molecule has 2 atom stereocenters. The number of nitrogens with zero attached hydrogens (tertiary/aromatic N) is 4. The van der Waals surface area contributed by atoms with Crippen molar-refractivity contribution < 1.29 is 10.2 Å². The van der Waals surface area contributed by atoms with Crippen LogP contribution in [0.2, 0.25) is 0 Å². The van der Waals surface area contributed by atoms with Crippen molar-refractivity contribution in [1.82, 2.24) is 19.6 Å². The van der Waals surface area contributed by atoms with Crippen molar-refractivity contribution in [1.29, 1.82) is 0 Å². The average molecular weight is 589 g/mol. The summed E-state index contributed by atoms with van der Waals surface area (Å²) in [7, 11) is 0. The summed E-state index contributed by atoms with van der Waals surface area (Å²) in [6.07, 6.45) is 6.74. The second-order valence-electron chi connectivity index (χ2n) is 11.7. The molecule has 2 heterocycles. The summed E-state index contributed by atoms with van der Waals surface area (Å²) in [6.45, 7) is 16.1. The zero-order valence-corrected chi connectivity index (χ0v) is 26.9. The maximum Gasteiger partial charge on any atom is 0.177 e. The normalized spacial score (nSPS) is 19.0. The van der Waals surface area contributed by atoms with E-state index in [9.17, 15) is 10.2 Å². The third-order valence-corrected chi connectivity index (χ3v) is 9.28. The zero-order chi connectivity index (χ0) is 28.0. The van der Waals surface area contributed by atoms with Crippen LogP contribution in [0.3, 0.4) is 0 Å². The molecular formula is C27H48N4O2S4. The number of aliphatic hydroxyl groups excluding tert-OH is 2. The first kappa shape index (κ1) is 32.7. The molecule has 10 heteroatoms. The monoisotopic (exact) mass is 588 g/mol. The molecule has 2 N–H and O–H groups in total. The molecule has 6 nitrogen and oxygen atoms in total. The lowest BCUT2D eigenvalue weighted by Gasteiger charge is -2.37. The summed E-state index contributed by atoms with van der Waals surface area (Å²) in [5.74, 6) is 0. The SMILES string of the molecule is CCN1CC(=S)N(C(C)(C)CCCC(O)CCCC(O)CCCC(C)(C)N2C(=S)CN(CC)C2=S)C1=S. The molecule has 2 unspecified atom stereocenters. The van der Waals surface area contributed by atoms with Gasteiger partial charge in [-0.1, -0.05) is 24.4 Å². The topological polar surface area (TPSA) is 53.4 Å². The van der Waals surface area contributed by atoms with Gasteiger partial charge in [0.25, 0.3) is 0 Å². The first-order valence-electron chi connectivity index (χ1n) is 13.8. The summed E-state index contributed by atoms with van der Waals surface area (Å²) >= 11 is 22.5. The molecular weight excluding hydrogens is 541 g/mol. The Morgan fingerprint density at radius 1 is 0.649 bits per heavy atom. The first-order chi connectivity index (χ1) is 17.2. The van der Waals surface area contributed by atoms with Crippen molar-refractivity contribution in [2.24, 2.45) is 0 Å². The lowest BCUT2D eigenvalue weighted by Crippen LogP contribution is -2.47. The second-order valence-corrected chi connectivity index (χ2v) is 13.4. The number of likely N-dealkylation sites (N-methyl/N-ethyl adjacent to an activating group) is 2. The van der Waals surface area contributed by atoms with Gasteiger partial charge in [-0.15, -0.1) is 0 Å². The van der Waals surface area contributed by atoms with E-state index in [-0.39, 0.29) is 23.3 Å². The number of hydrogen-bond donors (Lipinski definition) is 2. The van der Waals surface area contributed by atoms with Crippen molar-refractivity contribution in [2.75, 3.05) is 26.2 Å². The lowest BCUT2D eigenvalue weighted by molar-refractivity contribution is 0.117. The van der Waals surface area contributed by atoms with Crippen LogP contribution >= 0.6 is 48.9 Å². The van der Waals surface area contributed by atoms with Crippen LogP contribution in [-0.2, 0) is 0 Å². The van der Waals surface area contributed by atoms with E-state index in [4.69, 9.17) is 48.9 Å². The minimum Gasteiger partial charge on any atom is -0.393 e. The van der Waals surface area contributed by atoms with E-state index in [1.165, 1.54) is 0 Å². The minimum absolute atomic E-state index is 0.154. The van der Waals surface area contributed by atoms with Gasteiger partial charge in [-0.2, -0.15) is 0 Å². The molecule has 0 aromatic rings. The van der Waals surface area contributed by atoms with E-state index in [1.807, 2.05) is 0 Å². The Hall–Kier alpha value is -0.520. The maximum atomic E-state index is 10.5. The highest BCUT2D eigenvalue weighted by Gasteiger charge is 2.39. The van der Waals surface area contributed by atoms with Crippen LogP contribution < -0.4 is 0 Å². The number of aliphatic hydroxyl groups is 2. The molecule has 0 saturated carbocycles. The Bertz CT molecular complexity index is 769. The molecule has 0 spiro atoms. The Morgan fingerprint density at radius 3 is 1.27 bits per heavy atom. The predicted octanol–water partition coefficient (Wildman–Crippen LogP) is 5.28. The Labute approximate surface area is 246 Å². The van der Waals surface area contributed by atoms with E-state index in [0.717, 1.165) is 104 Å². The molecule has 0 aromatic carbocycles. The first-order valence-corrected chi connectivity index (χ1v) is 15.5. The lowest BCUT2D eigenvalue weighted by atomic mass is 9.92. The third kappa shape index (κ3) is 8.73. The fourth-order valence-corrected chi connectivity index (χ4v) is 7.62. The molecule has 0 bridgehead atoms. The molecule has 2 aliphatic heterocycles. The molecule has 2 fully saturated rings. The standard InChI is InChI=1S/C27H48N4O2S4/c1-7-28-18-22(34)30(24(28)36)26(3,4)16-10-14-20(32)12-9-13-21(33)15-11-17-27(5,6)31-23(35)19-29(8-2)25(31)37/h20-21,32-33H,7-19H2,1-6H3. The molecule has 2 rings (SSSR count). The molecule has 37 heavy (non-hydrogen) atoms. The molecule has 0 aliphatic carbocycles. The average Bonchev–Trinajstić information content (AvgIpc) is 3.27. The molecule has 0 radical (unpaired) electrons. The van der Waals surface area contributed by atoms with E-state index in [0.29, 0.717) is 0 Å². The molecule has 2 saturated heterocycles. The fraction of sp³-hybridized carbons (Fsp3) is 0.852. The Balaban J connectivity index is 1.64. The van der Waals surface area contributed by atoms with E-state index in [2.05, 4.69) is 61.1 Å². The third-order valence-electron chi connectivity index (χ3n) is 7.78. The van der Waals surface area contributed by atoms with E-state index >= 15 is 0 Å². The highest BCUT2D eigenvalue weighted by Crippen LogP contribution is 2.30. The maximum absolute atomic E-state index is 10.5. The largest absolute Gasteiger partial charge is 0.393 e. The van der Waals surface area contributed by atoms with Gasteiger partial charge >= 0.3 is 0 Å². The smallest absolute Gasteiger partial charge is 0.177 e. The summed E-state index contributed by atoms with van der Waals surface area (Å²) in [6, 6.07) is 0. The molecule has 2 aliphatic rings. The molecule has 0 aromatic heterocycles. The van der Waals surface area contributed by atoms with E-state index in [1.54, 1.807) is 0 Å². The van der Waals surface area contributed by atoms with Crippen LogP contribution in [0, 0.1) is 0 Å². The van der Waals surface area contributed by atoms with Gasteiger partial charge in [0, 0.05) is 24.2 Å². The highest BCUT2D eigenvalue weighted by molar-refractivity contribution is 7.82. The Kier molecular flexibility index (Phi) is 12.6. The van der Waals surface area contributed by atoms with Crippen LogP contribution in [0.4, 0.5) is 0 Å². The quantitative estimate of drug-likeness (QED) is 0.233. The van der Waals surface area contributed by atoms with Crippen molar-refractivity contribution in [3.05, 3.63) is 0 Å². The van der Waals surface area contributed by atoms with Gasteiger partial charge in [0.1, 0.15) is 9.98 Å². The van der Waals surface area contributed by atoms with E-state index < -0.39 is 0 Å². The summed E-state index contributed by atoms with van der Waals surface area (Å²) in [4.78, 5) is 10.3. The summed E-state index contributed by atoms with van der Waals surface area (Å²) in [5.41, 5.74) is -0.307. The van der Waals surface area contributed by atoms with Crippen LogP contribution in [0.1, 0.15) is 99.3 Å². The minimum atomic E-state index is -0.342. The second kappa shape index (κ2) is 14.2. The number of rotatable bonds is 16. The Morgan fingerprint density at radius 2 is 0.973 bits per heavy atom. The van der Waals surface area contributed by atoms with Gasteiger partial charge in [-0.25, -0.2) is 0 Å². The zero-order valence-electron chi connectivity index (χ0n) is 23.7. The van der Waals surface area contributed by atoms with Gasteiger partial charge < -0.3 is 29.8 Å². The van der Waals surface area contributed by atoms with Gasteiger partial charge in [0.15, 0.2) is 10.2 Å². The molecule has 0 amide bonds. The molecule has 212 valence electrons. The van der Waals surface area contributed by atoms with Gasteiger partial charge in [-0.3, -0.25) is 0 Å². The van der Waals surface area contributed by atoms with Crippen molar-refractivity contribution in [3.63, 3.8) is 0 Å². The predicted molar refractivity (Wildman–Crippen MR) is 170 cm³/mol. The summed E-state index contributed by atoms with van der Waals surface area (Å²) < 4.78 is 0. The van der Waals surface area contributed by atoms with Crippen LogP contribution in [0.25, 0.3) is 0 Å². The highest BCUT2D eigenvalue weighted by atomic mass is 32.1. The summed E-state index contributed by atoms with van der Waals surface area (Å²) in [5, 5.41) is 22.7. The fourth-order valence-electron chi connectivity index (χ4n) is 5.43. The van der Waals surface area contributed by atoms with Crippen molar-refractivity contribution in [3.8, 4) is 0 Å². The number of thiocarbonyl (C=S) groups is 4.